The Morgan fingerprint density at radius 2 is 2.12 bits per heavy atom. The highest BCUT2D eigenvalue weighted by Gasteiger charge is 2.08. The van der Waals surface area contributed by atoms with Crippen LogP contribution in [0.3, 0.4) is 0 Å². The number of hydrogen-bond donors (Lipinski definition) is 1. The van der Waals surface area contributed by atoms with Gasteiger partial charge in [0.15, 0.2) is 0 Å². The zero-order valence-electron chi connectivity index (χ0n) is 8.77. The largest absolute Gasteiger partial charge is 0.327 e. The first-order valence-electron chi connectivity index (χ1n) is 5.12. The predicted octanol–water partition coefficient (Wildman–Crippen LogP) is 2.91. The van der Waals surface area contributed by atoms with Crippen LogP contribution in [-0.4, -0.2) is 11.0 Å². The molecule has 0 saturated carbocycles. The first kappa shape index (κ1) is 11.6. The molecule has 0 aliphatic rings. The highest BCUT2D eigenvalue weighted by molar-refractivity contribution is 7.09. The Hall–Kier alpha value is -0.900. The molecule has 84 valence electrons. The van der Waals surface area contributed by atoms with Gasteiger partial charge in [-0.05, 0) is 24.5 Å². The van der Waals surface area contributed by atoms with Crippen molar-refractivity contribution in [1.29, 1.82) is 0 Å². The van der Waals surface area contributed by atoms with Gasteiger partial charge in [-0.25, -0.2) is 0 Å². The molecule has 0 aliphatic carbocycles. The predicted molar refractivity (Wildman–Crippen MR) is 68.9 cm³/mol. The van der Waals surface area contributed by atoms with E-state index in [1.54, 1.807) is 11.3 Å². The molecule has 2 aromatic rings. The van der Waals surface area contributed by atoms with Crippen LogP contribution in [0, 0.1) is 0 Å². The fourth-order valence-corrected chi connectivity index (χ4v) is 2.52. The minimum Gasteiger partial charge on any atom is -0.327 e. The number of benzene rings is 1. The minimum atomic E-state index is 0.0975. The molecule has 2 rings (SSSR count). The molecule has 2 nitrogen and oxygen atoms in total. The summed E-state index contributed by atoms with van der Waals surface area (Å²) in [5.41, 5.74) is 9.03. The summed E-state index contributed by atoms with van der Waals surface area (Å²) >= 11 is 7.73. The molecule has 0 bridgehead atoms. The van der Waals surface area contributed by atoms with E-state index in [4.69, 9.17) is 17.3 Å². The maximum Gasteiger partial charge on any atom is 0.0794 e. The molecule has 0 radical (unpaired) electrons. The lowest BCUT2D eigenvalue weighted by Gasteiger charge is -2.11. The summed E-state index contributed by atoms with van der Waals surface area (Å²) in [4.78, 5) is 5.26. The maximum absolute atomic E-state index is 6.09. The van der Waals surface area contributed by atoms with E-state index in [0.717, 1.165) is 23.4 Å². The lowest BCUT2D eigenvalue weighted by molar-refractivity contribution is 0.670. The Kier molecular flexibility index (Phi) is 3.93. The molecular formula is C12H13ClN2S. The third-order valence-electron chi connectivity index (χ3n) is 2.39. The first-order chi connectivity index (χ1) is 7.75. The van der Waals surface area contributed by atoms with E-state index in [-0.39, 0.29) is 6.04 Å². The smallest absolute Gasteiger partial charge is 0.0794 e. The number of rotatable bonds is 4. The second-order valence-electron chi connectivity index (χ2n) is 3.73. The van der Waals surface area contributed by atoms with Crippen molar-refractivity contribution in [2.24, 2.45) is 5.73 Å². The van der Waals surface area contributed by atoms with Crippen molar-refractivity contribution >= 4 is 22.9 Å². The molecule has 1 aromatic carbocycles. The van der Waals surface area contributed by atoms with Crippen LogP contribution >= 0.6 is 22.9 Å². The van der Waals surface area contributed by atoms with Crippen LogP contribution in [0.15, 0.2) is 36.0 Å². The lowest BCUT2D eigenvalue weighted by Crippen LogP contribution is -2.25. The van der Waals surface area contributed by atoms with Gasteiger partial charge in [0.1, 0.15) is 0 Å². The molecule has 4 heteroatoms. The van der Waals surface area contributed by atoms with Crippen LogP contribution in [0.4, 0.5) is 0 Å². The topological polar surface area (TPSA) is 38.9 Å². The monoisotopic (exact) mass is 252 g/mol. The molecule has 16 heavy (non-hydrogen) atoms. The van der Waals surface area contributed by atoms with Gasteiger partial charge < -0.3 is 5.73 Å². The lowest BCUT2D eigenvalue weighted by atomic mass is 10.0. The summed E-state index contributed by atoms with van der Waals surface area (Å²) in [5, 5.41) is 0.794. The van der Waals surface area contributed by atoms with E-state index in [2.05, 4.69) is 4.98 Å². The van der Waals surface area contributed by atoms with Crippen LogP contribution in [0.5, 0.6) is 0 Å². The van der Waals surface area contributed by atoms with Gasteiger partial charge in [0.2, 0.25) is 0 Å². The summed E-state index contributed by atoms with van der Waals surface area (Å²) in [5.74, 6) is 0. The van der Waals surface area contributed by atoms with Crippen LogP contribution in [0.25, 0.3) is 0 Å². The molecule has 0 saturated heterocycles. The van der Waals surface area contributed by atoms with E-state index >= 15 is 0 Å². The van der Waals surface area contributed by atoms with Gasteiger partial charge >= 0.3 is 0 Å². The zero-order valence-corrected chi connectivity index (χ0v) is 10.3. The van der Waals surface area contributed by atoms with Crippen LogP contribution in [0.1, 0.15) is 10.4 Å². The van der Waals surface area contributed by atoms with Gasteiger partial charge in [-0.2, -0.15) is 0 Å². The molecule has 1 atom stereocenters. The van der Waals surface area contributed by atoms with E-state index in [1.165, 1.54) is 4.88 Å². The van der Waals surface area contributed by atoms with E-state index in [1.807, 2.05) is 36.0 Å². The number of halogens is 1. The number of nitrogens with two attached hydrogens (primary N) is 1. The Labute approximate surface area is 104 Å². The highest BCUT2D eigenvalue weighted by atomic mass is 35.5. The van der Waals surface area contributed by atoms with Gasteiger partial charge in [0.05, 0.1) is 5.51 Å². The SMILES string of the molecule is NC(Cc1cncs1)Cc1ccccc1Cl. The molecule has 1 aromatic heterocycles. The van der Waals surface area contributed by atoms with E-state index < -0.39 is 0 Å². The number of hydrogen-bond acceptors (Lipinski definition) is 3. The molecule has 1 heterocycles. The number of nitrogens with zero attached hydrogens (tertiary/aromatic N) is 1. The average molecular weight is 253 g/mol. The summed E-state index contributed by atoms with van der Waals surface area (Å²) in [6.07, 6.45) is 3.53. The molecule has 2 N–H and O–H groups in total. The minimum absolute atomic E-state index is 0.0975. The summed E-state index contributed by atoms with van der Waals surface area (Å²) in [6.45, 7) is 0. The Morgan fingerprint density at radius 3 is 2.81 bits per heavy atom. The molecule has 0 fully saturated rings. The Bertz CT molecular complexity index is 442. The van der Waals surface area contributed by atoms with Crippen LogP contribution in [-0.2, 0) is 12.8 Å². The average Bonchev–Trinajstić information content (AvgIpc) is 2.74. The van der Waals surface area contributed by atoms with Crippen LogP contribution < -0.4 is 5.73 Å². The third-order valence-corrected chi connectivity index (χ3v) is 3.56. The van der Waals surface area contributed by atoms with Gasteiger partial charge in [-0.1, -0.05) is 29.8 Å². The third kappa shape index (κ3) is 3.04. The van der Waals surface area contributed by atoms with E-state index in [9.17, 15) is 0 Å². The Balaban J connectivity index is 1.97. The molecule has 0 amide bonds. The summed E-state index contributed by atoms with van der Waals surface area (Å²) in [6, 6.07) is 7.94. The fourth-order valence-electron chi connectivity index (χ4n) is 1.62. The van der Waals surface area contributed by atoms with Crippen molar-refractivity contribution in [2.45, 2.75) is 18.9 Å². The van der Waals surface area contributed by atoms with Crippen molar-refractivity contribution in [3.8, 4) is 0 Å². The van der Waals surface area contributed by atoms with Crippen molar-refractivity contribution in [1.82, 2.24) is 4.98 Å². The van der Waals surface area contributed by atoms with E-state index in [0.29, 0.717) is 0 Å². The van der Waals surface area contributed by atoms with Crippen molar-refractivity contribution in [2.75, 3.05) is 0 Å². The van der Waals surface area contributed by atoms with Crippen molar-refractivity contribution < 1.29 is 0 Å². The normalized spacial score (nSPS) is 12.6. The second-order valence-corrected chi connectivity index (χ2v) is 5.11. The quantitative estimate of drug-likeness (QED) is 0.909. The van der Waals surface area contributed by atoms with Gasteiger partial charge in [-0.3, -0.25) is 4.98 Å². The molecule has 0 spiro atoms. The van der Waals surface area contributed by atoms with Gasteiger partial charge in [-0.15, -0.1) is 11.3 Å². The van der Waals surface area contributed by atoms with Gasteiger partial charge in [0, 0.05) is 22.1 Å². The van der Waals surface area contributed by atoms with Gasteiger partial charge in [0.25, 0.3) is 0 Å². The Morgan fingerprint density at radius 1 is 1.31 bits per heavy atom. The second kappa shape index (κ2) is 5.43. The number of thiazole rings is 1. The zero-order chi connectivity index (χ0) is 11.4. The standard InChI is InChI=1S/C12H13ClN2S/c13-12-4-2-1-3-9(12)5-10(14)6-11-7-15-8-16-11/h1-4,7-8,10H,5-6,14H2. The summed E-state index contributed by atoms with van der Waals surface area (Å²) < 4.78 is 0. The molecular weight excluding hydrogens is 240 g/mol. The van der Waals surface area contributed by atoms with Crippen molar-refractivity contribution in [3.05, 3.63) is 51.4 Å². The number of aromatic nitrogens is 1. The first-order valence-corrected chi connectivity index (χ1v) is 6.38. The fraction of sp³-hybridized carbons (Fsp3) is 0.250. The molecule has 1 unspecified atom stereocenters. The van der Waals surface area contributed by atoms with Crippen LogP contribution in [0.2, 0.25) is 5.02 Å². The van der Waals surface area contributed by atoms with Crippen molar-refractivity contribution in [3.63, 3.8) is 0 Å². The summed E-state index contributed by atoms with van der Waals surface area (Å²) in [7, 11) is 0. The highest BCUT2D eigenvalue weighted by Crippen LogP contribution is 2.18. The molecule has 0 aliphatic heterocycles. The maximum atomic E-state index is 6.09.